The van der Waals surface area contributed by atoms with E-state index in [1.807, 2.05) is 20.8 Å². The van der Waals surface area contributed by atoms with E-state index in [1.54, 1.807) is 6.92 Å². The molecule has 0 radical (unpaired) electrons. The third kappa shape index (κ3) is 5.69. The zero-order valence-corrected chi connectivity index (χ0v) is 12.0. The van der Waals surface area contributed by atoms with Gasteiger partial charge in [0.15, 0.2) is 0 Å². The van der Waals surface area contributed by atoms with Gasteiger partial charge in [0.05, 0.1) is 0 Å². The van der Waals surface area contributed by atoms with Gasteiger partial charge in [0, 0.05) is 19.4 Å². The van der Waals surface area contributed by atoms with Crippen LogP contribution in [0, 0.1) is 11.3 Å². The maximum atomic E-state index is 11.9. The van der Waals surface area contributed by atoms with Gasteiger partial charge in [-0.1, -0.05) is 27.7 Å². The van der Waals surface area contributed by atoms with E-state index in [9.17, 15) is 14.4 Å². The first kappa shape index (κ1) is 17.4. The molecule has 0 saturated heterocycles. The summed E-state index contributed by atoms with van der Waals surface area (Å²) >= 11 is 0. The number of carbonyl (C=O) groups is 3. The molecule has 0 aromatic carbocycles. The van der Waals surface area contributed by atoms with Gasteiger partial charge < -0.3 is 10.6 Å². The van der Waals surface area contributed by atoms with Gasteiger partial charge in [0.25, 0.3) is 0 Å². The molecule has 110 valence electrons. The van der Waals surface area contributed by atoms with Crippen molar-refractivity contribution >= 4 is 17.7 Å². The van der Waals surface area contributed by atoms with Gasteiger partial charge in [-0.05, 0) is 5.41 Å². The summed E-state index contributed by atoms with van der Waals surface area (Å²) in [6.07, 6.45) is -0.146. The zero-order chi connectivity index (χ0) is 15.2. The van der Waals surface area contributed by atoms with Crippen molar-refractivity contribution in [2.45, 2.75) is 40.2 Å². The van der Waals surface area contributed by atoms with Crippen molar-refractivity contribution in [1.82, 2.24) is 16.1 Å². The maximum Gasteiger partial charge on any atom is 0.244 e. The van der Waals surface area contributed by atoms with Gasteiger partial charge >= 0.3 is 0 Å². The van der Waals surface area contributed by atoms with Crippen LogP contribution in [0.2, 0.25) is 0 Å². The molecule has 7 nitrogen and oxygen atoms in total. The molecule has 0 bridgehead atoms. The number of hydroxylamine groups is 1. The van der Waals surface area contributed by atoms with E-state index in [4.69, 9.17) is 5.21 Å². The second-order valence-corrected chi connectivity index (χ2v) is 5.56. The quantitative estimate of drug-likeness (QED) is 0.411. The van der Waals surface area contributed by atoms with Crippen molar-refractivity contribution < 1.29 is 19.6 Å². The fourth-order valence-corrected chi connectivity index (χ4v) is 1.52. The molecule has 0 aliphatic rings. The van der Waals surface area contributed by atoms with E-state index in [0.717, 1.165) is 0 Å². The molecule has 0 aliphatic carbocycles. The molecular weight excluding hydrogens is 250 g/mol. The summed E-state index contributed by atoms with van der Waals surface area (Å²) in [6.45, 7) is 7.04. The first-order valence-corrected chi connectivity index (χ1v) is 6.08. The Bertz CT molecular complexity index is 349. The molecule has 0 heterocycles. The van der Waals surface area contributed by atoms with Crippen LogP contribution in [0.25, 0.3) is 0 Å². The molecule has 0 spiro atoms. The third-order valence-corrected chi connectivity index (χ3v) is 2.73. The average Bonchev–Trinajstić information content (AvgIpc) is 2.32. The van der Waals surface area contributed by atoms with Gasteiger partial charge in [-0.2, -0.15) is 0 Å². The lowest BCUT2D eigenvalue weighted by Gasteiger charge is -2.30. The molecule has 1 unspecified atom stereocenters. The summed E-state index contributed by atoms with van der Waals surface area (Å²) in [5, 5.41) is 13.5. The first-order valence-electron chi connectivity index (χ1n) is 6.08. The Morgan fingerprint density at radius 3 is 2.05 bits per heavy atom. The number of rotatable bonds is 5. The number of carbonyl (C=O) groups excluding carboxylic acids is 3. The van der Waals surface area contributed by atoms with Gasteiger partial charge in [0.1, 0.15) is 6.04 Å². The first-order chi connectivity index (χ1) is 8.63. The number of amides is 3. The molecule has 0 aliphatic heterocycles. The highest BCUT2D eigenvalue weighted by Crippen LogP contribution is 2.20. The Morgan fingerprint density at radius 2 is 1.68 bits per heavy atom. The van der Waals surface area contributed by atoms with Crippen LogP contribution in [0.5, 0.6) is 0 Å². The number of hydrogen-bond donors (Lipinski definition) is 4. The fraction of sp³-hybridized carbons (Fsp3) is 0.750. The van der Waals surface area contributed by atoms with Gasteiger partial charge in [-0.25, -0.2) is 5.48 Å². The number of likely N-dealkylation sites (N-methyl/N-ethyl adjacent to an activating group) is 1. The van der Waals surface area contributed by atoms with Crippen molar-refractivity contribution in [1.29, 1.82) is 0 Å². The van der Waals surface area contributed by atoms with E-state index in [0.29, 0.717) is 0 Å². The van der Waals surface area contributed by atoms with Gasteiger partial charge in [0.2, 0.25) is 17.7 Å². The molecule has 0 rings (SSSR count). The summed E-state index contributed by atoms with van der Waals surface area (Å²) in [7, 11) is 1.50. The second-order valence-electron chi connectivity index (χ2n) is 5.56. The number of hydrogen-bond acceptors (Lipinski definition) is 4. The predicted molar refractivity (Wildman–Crippen MR) is 69.2 cm³/mol. The summed E-state index contributed by atoms with van der Waals surface area (Å²) in [5.41, 5.74) is 1.02. The van der Waals surface area contributed by atoms with Crippen molar-refractivity contribution in [2.75, 3.05) is 7.05 Å². The minimum Gasteiger partial charge on any atom is -0.357 e. The minimum atomic E-state index is -0.690. The Balaban J connectivity index is 4.73. The van der Waals surface area contributed by atoms with E-state index in [2.05, 4.69) is 10.6 Å². The molecule has 7 heteroatoms. The smallest absolute Gasteiger partial charge is 0.244 e. The van der Waals surface area contributed by atoms with Crippen LogP contribution in [0.4, 0.5) is 0 Å². The van der Waals surface area contributed by atoms with Gasteiger partial charge in [-0.3, -0.25) is 19.6 Å². The van der Waals surface area contributed by atoms with Gasteiger partial charge in [-0.15, -0.1) is 0 Å². The van der Waals surface area contributed by atoms with Crippen LogP contribution < -0.4 is 16.1 Å². The summed E-state index contributed by atoms with van der Waals surface area (Å²) in [6, 6.07) is -0.690. The normalized spacial score (nSPS) is 14.2. The molecule has 3 amide bonds. The average molecular weight is 273 g/mol. The molecular formula is C12H23N3O4. The Morgan fingerprint density at radius 1 is 1.16 bits per heavy atom. The summed E-state index contributed by atoms with van der Waals surface area (Å²) in [4.78, 5) is 34.6. The Labute approximate surface area is 113 Å². The molecule has 2 atom stereocenters. The van der Waals surface area contributed by atoms with Crippen molar-refractivity contribution in [3.05, 3.63) is 0 Å². The van der Waals surface area contributed by atoms with E-state index < -0.39 is 29.2 Å². The SMILES string of the molecule is CNC(=O)C(NC(=O)[C@H](C)CC(=O)NO)C(C)(C)C. The molecule has 0 saturated carbocycles. The Hall–Kier alpha value is -1.63. The van der Waals surface area contributed by atoms with Crippen LogP contribution in [0.3, 0.4) is 0 Å². The van der Waals surface area contributed by atoms with Crippen LogP contribution in [-0.2, 0) is 14.4 Å². The van der Waals surface area contributed by atoms with Crippen LogP contribution in [0.1, 0.15) is 34.1 Å². The molecule has 4 N–H and O–H groups in total. The highest BCUT2D eigenvalue weighted by molar-refractivity contribution is 5.90. The van der Waals surface area contributed by atoms with E-state index in [-0.39, 0.29) is 12.3 Å². The lowest BCUT2D eigenvalue weighted by atomic mass is 9.85. The van der Waals surface area contributed by atoms with Crippen LogP contribution >= 0.6 is 0 Å². The number of nitrogens with one attached hydrogen (secondary N) is 3. The molecule has 0 fully saturated rings. The monoisotopic (exact) mass is 273 g/mol. The topological polar surface area (TPSA) is 108 Å². The highest BCUT2D eigenvalue weighted by atomic mass is 16.5. The standard InChI is InChI=1S/C12H23N3O4/c1-7(6-8(16)15-19)10(17)14-9(11(18)13-5)12(2,3)4/h7,9,19H,6H2,1-5H3,(H,13,18)(H,14,17)(H,15,16)/t7-,9?/m1/s1. The third-order valence-electron chi connectivity index (χ3n) is 2.73. The predicted octanol–water partition coefficient (Wildman–Crippen LogP) is -0.205. The van der Waals surface area contributed by atoms with E-state index in [1.165, 1.54) is 12.5 Å². The minimum absolute atomic E-state index is 0.146. The summed E-state index contributed by atoms with van der Waals surface area (Å²) in [5.74, 6) is -1.98. The summed E-state index contributed by atoms with van der Waals surface area (Å²) < 4.78 is 0. The van der Waals surface area contributed by atoms with Crippen LogP contribution in [-0.4, -0.2) is 36.0 Å². The van der Waals surface area contributed by atoms with Crippen LogP contribution in [0.15, 0.2) is 0 Å². The maximum absolute atomic E-state index is 11.9. The lowest BCUT2D eigenvalue weighted by Crippen LogP contribution is -2.54. The fourth-order valence-electron chi connectivity index (χ4n) is 1.52. The van der Waals surface area contributed by atoms with Crippen molar-refractivity contribution in [2.24, 2.45) is 11.3 Å². The zero-order valence-electron chi connectivity index (χ0n) is 12.0. The molecule has 19 heavy (non-hydrogen) atoms. The molecule has 0 aromatic heterocycles. The molecule has 0 aromatic rings. The second kappa shape index (κ2) is 7.08. The lowest BCUT2D eigenvalue weighted by molar-refractivity contribution is -0.136. The van der Waals surface area contributed by atoms with Crippen molar-refractivity contribution in [3.8, 4) is 0 Å². The van der Waals surface area contributed by atoms with E-state index >= 15 is 0 Å². The highest BCUT2D eigenvalue weighted by Gasteiger charge is 2.33. The van der Waals surface area contributed by atoms with Crippen molar-refractivity contribution in [3.63, 3.8) is 0 Å². The Kier molecular flexibility index (Phi) is 6.47. The largest absolute Gasteiger partial charge is 0.357 e.